The molecule has 0 saturated heterocycles. The molecular formula is C18H18ClNO3. The van der Waals surface area contributed by atoms with Crippen molar-refractivity contribution < 1.29 is 14.3 Å². The molecule has 0 N–H and O–H groups in total. The summed E-state index contributed by atoms with van der Waals surface area (Å²) in [5.41, 5.74) is 2.88. The van der Waals surface area contributed by atoms with E-state index in [1.807, 2.05) is 26.0 Å². The molecule has 0 aliphatic carbocycles. The van der Waals surface area contributed by atoms with Crippen LogP contribution >= 0.6 is 11.6 Å². The van der Waals surface area contributed by atoms with E-state index in [-0.39, 0.29) is 5.97 Å². The summed E-state index contributed by atoms with van der Waals surface area (Å²) in [5.74, 6) is 0.321. The summed E-state index contributed by atoms with van der Waals surface area (Å²) < 4.78 is 10.3. The van der Waals surface area contributed by atoms with Crippen molar-refractivity contribution in [2.75, 3.05) is 13.7 Å². The van der Waals surface area contributed by atoms with Crippen LogP contribution < -0.4 is 4.74 Å². The Balaban J connectivity index is 2.36. The molecule has 23 heavy (non-hydrogen) atoms. The minimum absolute atomic E-state index is 0.390. The van der Waals surface area contributed by atoms with Gasteiger partial charge >= 0.3 is 5.97 Å². The lowest BCUT2D eigenvalue weighted by Gasteiger charge is -2.07. The third-order valence-electron chi connectivity index (χ3n) is 3.24. The van der Waals surface area contributed by atoms with Crippen LogP contribution in [0.2, 0.25) is 5.02 Å². The lowest BCUT2D eigenvalue weighted by molar-refractivity contribution is 0.0601. The van der Waals surface area contributed by atoms with Crippen LogP contribution in [-0.2, 0) is 4.74 Å². The molecule has 0 unspecified atom stereocenters. The van der Waals surface area contributed by atoms with E-state index < -0.39 is 0 Å². The molecule has 2 aromatic rings. The Kier molecular flexibility index (Phi) is 5.77. The third kappa shape index (κ3) is 4.33. The van der Waals surface area contributed by atoms with Crippen LogP contribution in [0.15, 0.2) is 41.4 Å². The summed E-state index contributed by atoms with van der Waals surface area (Å²) in [6.45, 7) is 4.40. The first kappa shape index (κ1) is 17.0. The molecule has 5 heteroatoms. The standard InChI is InChI=1S/C18H18ClNO3/c1-4-23-17-8-7-15(19)9-14(17)11-20-16-10-13(18(21)22-3)6-5-12(16)2/h5-11H,4H2,1-3H3. The van der Waals surface area contributed by atoms with E-state index in [1.54, 1.807) is 30.5 Å². The molecule has 0 saturated carbocycles. The Morgan fingerprint density at radius 3 is 2.74 bits per heavy atom. The zero-order valence-corrected chi connectivity index (χ0v) is 14.1. The molecule has 4 nitrogen and oxygen atoms in total. The highest BCUT2D eigenvalue weighted by Crippen LogP contribution is 2.24. The highest BCUT2D eigenvalue weighted by atomic mass is 35.5. The van der Waals surface area contributed by atoms with Crippen molar-refractivity contribution in [2.45, 2.75) is 13.8 Å². The Labute approximate surface area is 140 Å². The second-order valence-electron chi connectivity index (χ2n) is 4.87. The molecule has 0 aliphatic rings. The number of aliphatic imine (C=N–C) groups is 1. The van der Waals surface area contributed by atoms with Crippen molar-refractivity contribution in [3.05, 3.63) is 58.1 Å². The number of rotatable bonds is 5. The highest BCUT2D eigenvalue weighted by Gasteiger charge is 2.08. The van der Waals surface area contributed by atoms with Crippen molar-refractivity contribution in [3.8, 4) is 5.75 Å². The molecular weight excluding hydrogens is 314 g/mol. The van der Waals surface area contributed by atoms with Gasteiger partial charge in [-0.05, 0) is 49.7 Å². The summed E-state index contributed by atoms with van der Waals surface area (Å²) in [5, 5.41) is 0.606. The SMILES string of the molecule is CCOc1ccc(Cl)cc1C=Nc1cc(C(=O)OC)ccc1C. The Bertz CT molecular complexity index is 741. The summed E-state index contributed by atoms with van der Waals surface area (Å²) >= 11 is 6.04. The van der Waals surface area contributed by atoms with Gasteiger partial charge in [-0.2, -0.15) is 0 Å². The predicted molar refractivity (Wildman–Crippen MR) is 92.4 cm³/mol. The number of methoxy groups -OCH3 is 1. The van der Waals surface area contributed by atoms with Gasteiger partial charge in [-0.25, -0.2) is 4.79 Å². The minimum atomic E-state index is -0.390. The van der Waals surface area contributed by atoms with Crippen molar-refractivity contribution in [1.29, 1.82) is 0 Å². The monoisotopic (exact) mass is 331 g/mol. The van der Waals surface area contributed by atoms with Crippen LogP contribution in [0.1, 0.15) is 28.4 Å². The molecule has 2 rings (SSSR count). The van der Waals surface area contributed by atoms with E-state index in [1.165, 1.54) is 7.11 Å². The maximum Gasteiger partial charge on any atom is 0.337 e. The van der Waals surface area contributed by atoms with Crippen LogP contribution in [0.3, 0.4) is 0 Å². The number of hydrogen-bond acceptors (Lipinski definition) is 4. The Morgan fingerprint density at radius 2 is 2.04 bits per heavy atom. The Hall–Kier alpha value is -2.33. The second kappa shape index (κ2) is 7.79. The van der Waals surface area contributed by atoms with Gasteiger partial charge in [0.05, 0.1) is 25.0 Å². The van der Waals surface area contributed by atoms with Gasteiger partial charge in [0.1, 0.15) is 5.75 Å². The van der Waals surface area contributed by atoms with Gasteiger partial charge in [0, 0.05) is 16.8 Å². The molecule has 0 fully saturated rings. The summed E-state index contributed by atoms with van der Waals surface area (Å²) in [7, 11) is 1.35. The molecule has 0 spiro atoms. The van der Waals surface area contributed by atoms with Gasteiger partial charge in [0.25, 0.3) is 0 Å². The zero-order chi connectivity index (χ0) is 16.8. The second-order valence-corrected chi connectivity index (χ2v) is 5.30. The van der Waals surface area contributed by atoms with Gasteiger partial charge in [0.2, 0.25) is 0 Å². The lowest BCUT2D eigenvalue weighted by Crippen LogP contribution is -2.00. The van der Waals surface area contributed by atoms with Crippen LogP contribution in [0, 0.1) is 6.92 Å². The number of carbonyl (C=O) groups is 1. The first-order valence-electron chi connectivity index (χ1n) is 7.20. The van der Waals surface area contributed by atoms with Crippen molar-refractivity contribution >= 4 is 29.5 Å². The number of halogens is 1. The number of esters is 1. The van der Waals surface area contributed by atoms with Gasteiger partial charge in [0.15, 0.2) is 0 Å². The summed E-state index contributed by atoms with van der Waals surface area (Å²) in [4.78, 5) is 16.1. The number of aryl methyl sites for hydroxylation is 1. The molecule has 2 aromatic carbocycles. The molecule has 0 aromatic heterocycles. The fourth-order valence-electron chi connectivity index (χ4n) is 2.04. The molecule has 0 radical (unpaired) electrons. The smallest absolute Gasteiger partial charge is 0.337 e. The third-order valence-corrected chi connectivity index (χ3v) is 3.48. The molecule has 0 aliphatic heterocycles. The number of benzene rings is 2. The van der Waals surface area contributed by atoms with E-state index in [9.17, 15) is 4.79 Å². The van der Waals surface area contributed by atoms with Gasteiger partial charge in [-0.3, -0.25) is 4.99 Å². The molecule has 0 atom stereocenters. The van der Waals surface area contributed by atoms with Crippen LogP contribution in [0.5, 0.6) is 5.75 Å². The molecule has 0 amide bonds. The molecule has 120 valence electrons. The van der Waals surface area contributed by atoms with E-state index in [2.05, 4.69) is 4.99 Å². The zero-order valence-electron chi connectivity index (χ0n) is 13.3. The van der Waals surface area contributed by atoms with E-state index in [4.69, 9.17) is 21.1 Å². The normalized spacial score (nSPS) is 10.8. The maximum atomic E-state index is 11.6. The van der Waals surface area contributed by atoms with Crippen molar-refractivity contribution in [3.63, 3.8) is 0 Å². The van der Waals surface area contributed by atoms with E-state index in [0.717, 1.165) is 11.1 Å². The Morgan fingerprint density at radius 1 is 1.26 bits per heavy atom. The fraction of sp³-hybridized carbons (Fsp3) is 0.222. The highest BCUT2D eigenvalue weighted by molar-refractivity contribution is 6.30. The van der Waals surface area contributed by atoms with Gasteiger partial charge in [-0.1, -0.05) is 17.7 Å². The average molecular weight is 332 g/mol. The van der Waals surface area contributed by atoms with Crippen LogP contribution in [0.4, 0.5) is 5.69 Å². The van der Waals surface area contributed by atoms with Gasteiger partial charge < -0.3 is 9.47 Å². The summed E-state index contributed by atoms with van der Waals surface area (Å²) in [6.07, 6.45) is 1.68. The summed E-state index contributed by atoms with van der Waals surface area (Å²) in [6, 6.07) is 10.6. The number of nitrogens with zero attached hydrogens (tertiary/aromatic N) is 1. The van der Waals surface area contributed by atoms with Gasteiger partial charge in [-0.15, -0.1) is 0 Å². The predicted octanol–water partition coefficient (Wildman–Crippen LogP) is 4.58. The van der Waals surface area contributed by atoms with Crippen molar-refractivity contribution in [2.24, 2.45) is 4.99 Å². The average Bonchev–Trinajstić information content (AvgIpc) is 2.55. The lowest BCUT2D eigenvalue weighted by atomic mass is 10.1. The van der Waals surface area contributed by atoms with E-state index in [0.29, 0.717) is 28.6 Å². The topological polar surface area (TPSA) is 47.9 Å². The minimum Gasteiger partial charge on any atom is -0.493 e. The first-order chi connectivity index (χ1) is 11.0. The maximum absolute atomic E-state index is 11.6. The first-order valence-corrected chi connectivity index (χ1v) is 7.58. The van der Waals surface area contributed by atoms with Crippen LogP contribution in [0.25, 0.3) is 0 Å². The largest absolute Gasteiger partial charge is 0.493 e. The van der Waals surface area contributed by atoms with E-state index >= 15 is 0 Å². The van der Waals surface area contributed by atoms with Crippen LogP contribution in [-0.4, -0.2) is 25.9 Å². The number of hydrogen-bond donors (Lipinski definition) is 0. The quantitative estimate of drug-likeness (QED) is 0.595. The molecule has 0 heterocycles. The molecule has 0 bridgehead atoms. The fourth-order valence-corrected chi connectivity index (χ4v) is 2.22. The van der Waals surface area contributed by atoms with Crippen molar-refractivity contribution in [1.82, 2.24) is 0 Å². The number of ether oxygens (including phenoxy) is 2. The number of carbonyl (C=O) groups excluding carboxylic acids is 1.